The Morgan fingerprint density at radius 2 is 1.89 bits per heavy atom. The molecule has 1 heterocycles. The molecule has 1 aliphatic heterocycles. The minimum absolute atomic E-state index is 0.242. The van der Waals surface area contributed by atoms with Crippen LogP contribution >= 0.6 is 0 Å². The number of hydrogen-bond acceptors (Lipinski definition) is 4. The molecule has 1 fully saturated rings. The van der Waals surface area contributed by atoms with E-state index in [2.05, 4.69) is 5.32 Å². The van der Waals surface area contributed by atoms with Gasteiger partial charge in [-0.2, -0.15) is 0 Å². The molecule has 1 atom stereocenters. The third kappa shape index (κ3) is 2.96. The maximum absolute atomic E-state index is 12.0. The van der Waals surface area contributed by atoms with E-state index in [4.69, 9.17) is 5.11 Å². The number of nitrogens with one attached hydrogen (secondary N) is 1. The van der Waals surface area contributed by atoms with Crippen LogP contribution in [0, 0.1) is 0 Å². The molecule has 0 spiro atoms. The first-order valence-corrected chi connectivity index (χ1v) is 5.44. The van der Waals surface area contributed by atoms with Gasteiger partial charge in [0.2, 0.25) is 11.8 Å². The van der Waals surface area contributed by atoms with Gasteiger partial charge in [-0.3, -0.25) is 14.9 Å². The number of carboxylic acids is 1. The minimum Gasteiger partial charge on any atom is -0.480 e. The zero-order valence-electron chi connectivity index (χ0n) is 10.2. The monoisotopic (exact) mass is 257 g/mol. The summed E-state index contributed by atoms with van der Waals surface area (Å²) in [5.74, 6) is -2.27. The number of nitrogens with zero attached hydrogens (tertiary/aromatic N) is 2. The van der Waals surface area contributed by atoms with E-state index in [0.717, 1.165) is 9.80 Å². The van der Waals surface area contributed by atoms with Gasteiger partial charge < -0.3 is 14.9 Å². The summed E-state index contributed by atoms with van der Waals surface area (Å²) in [6, 6.07) is -1.62. The number of carbonyl (C=O) groups excluding carboxylic acids is 3. The molecule has 1 rings (SSSR count). The van der Waals surface area contributed by atoms with Crippen LogP contribution in [0.5, 0.6) is 0 Å². The molecule has 2 N–H and O–H groups in total. The Morgan fingerprint density at radius 3 is 2.28 bits per heavy atom. The molecule has 0 aromatic carbocycles. The van der Waals surface area contributed by atoms with Crippen LogP contribution in [0.2, 0.25) is 0 Å². The highest BCUT2D eigenvalue weighted by Gasteiger charge is 2.32. The van der Waals surface area contributed by atoms with E-state index in [-0.39, 0.29) is 19.5 Å². The maximum Gasteiger partial charge on any atom is 0.326 e. The molecule has 0 aliphatic carbocycles. The van der Waals surface area contributed by atoms with Crippen LogP contribution in [0.4, 0.5) is 4.79 Å². The molecule has 18 heavy (non-hydrogen) atoms. The van der Waals surface area contributed by atoms with Gasteiger partial charge in [0.25, 0.3) is 0 Å². The quantitative estimate of drug-likeness (QED) is 0.621. The largest absolute Gasteiger partial charge is 0.480 e. The molecular weight excluding hydrogens is 242 g/mol. The number of hydrogen-bond donors (Lipinski definition) is 2. The van der Waals surface area contributed by atoms with Crippen molar-refractivity contribution in [2.24, 2.45) is 0 Å². The van der Waals surface area contributed by atoms with Gasteiger partial charge in [-0.25, -0.2) is 9.59 Å². The topological polar surface area (TPSA) is 107 Å². The molecule has 100 valence electrons. The van der Waals surface area contributed by atoms with Crippen molar-refractivity contribution < 1.29 is 24.3 Å². The lowest BCUT2D eigenvalue weighted by Crippen LogP contribution is -2.57. The summed E-state index contributed by atoms with van der Waals surface area (Å²) >= 11 is 0. The molecule has 0 bridgehead atoms. The molecule has 1 aliphatic rings. The van der Waals surface area contributed by atoms with Gasteiger partial charge in [0.05, 0.1) is 0 Å². The standard InChI is InChI=1S/C10H15N3O5/c1-3-6(9(16)17)12(2)10(18)13-4-7(14)11-8(15)5-13/h6H,3-5H2,1-2H3,(H,16,17)(H,11,14,15). The van der Waals surface area contributed by atoms with Gasteiger partial charge in [0.1, 0.15) is 19.1 Å². The molecule has 0 radical (unpaired) electrons. The van der Waals surface area contributed by atoms with Crippen LogP contribution in [-0.4, -0.2) is 64.9 Å². The first-order valence-electron chi connectivity index (χ1n) is 5.44. The number of imide groups is 1. The molecule has 0 aromatic rings. The molecule has 8 nitrogen and oxygen atoms in total. The molecule has 1 unspecified atom stereocenters. The first-order chi connectivity index (χ1) is 8.36. The van der Waals surface area contributed by atoms with Crippen molar-refractivity contribution in [1.82, 2.24) is 15.1 Å². The second-order valence-electron chi connectivity index (χ2n) is 3.98. The summed E-state index contributed by atoms with van der Waals surface area (Å²) in [4.78, 5) is 47.2. The summed E-state index contributed by atoms with van der Waals surface area (Å²) in [5, 5.41) is 11.0. The van der Waals surface area contributed by atoms with Crippen molar-refractivity contribution in [2.75, 3.05) is 20.1 Å². The summed E-state index contributed by atoms with van der Waals surface area (Å²) in [5.41, 5.74) is 0. The van der Waals surface area contributed by atoms with E-state index in [1.807, 2.05) is 0 Å². The van der Waals surface area contributed by atoms with Crippen molar-refractivity contribution >= 4 is 23.8 Å². The zero-order valence-corrected chi connectivity index (χ0v) is 10.2. The van der Waals surface area contributed by atoms with E-state index >= 15 is 0 Å². The average molecular weight is 257 g/mol. The first kappa shape index (κ1) is 13.9. The zero-order chi connectivity index (χ0) is 13.9. The van der Waals surface area contributed by atoms with Gasteiger partial charge in [-0.15, -0.1) is 0 Å². The molecular formula is C10H15N3O5. The van der Waals surface area contributed by atoms with Crippen molar-refractivity contribution in [3.05, 3.63) is 0 Å². The van der Waals surface area contributed by atoms with Crippen LogP contribution in [0.15, 0.2) is 0 Å². The van der Waals surface area contributed by atoms with Gasteiger partial charge in [0.15, 0.2) is 0 Å². The van der Waals surface area contributed by atoms with Gasteiger partial charge >= 0.3 is 12.0 Å². The van der Waals surface area contributed by atoms with Crippen LogP contribution in [0.3, 0.4) is 0 Å². The van der Waals surface area contributed by atoms with Crippen molar-refractivity contribution in [3.8, 4) is 0 Å². The number of amides is 4. The molecule has 0 saturated carbocycles. The fraction of sp³-hybridized carbons (Fsp3) is 0.600. The fourth-order valence-electron chi connectivity index (χ4n) is 1.74. The minimum atomic E-state index is -1.12. The Labute approximate surface area is 104 Å². The number of carboxylic acid groups (broad SMARTS) is 1. The summed E-state index contributed by atoms with van der Waals surface area (Å²) in [6.45, 7) is 1.15. The van der Waals surface area contributed by atoms with Gasteiger partial charge in [-0.1, -0.05) is 6.92 Å². The van der Waals surface area contributed by atoms with Crippen molar-refractivity contribution in [2.45, 2.75) is 19.4 Å². The van der Waals surface area contributed by atoms with Crippen molar-refractivity contribution in [3.63, 3.8) is 0 Å². The Morgan fingerprint density at radius 1 is 1.39 bits per heavy atom. The third-order valence-corrected chi connectivity index (χ3v) is 2.66. The third-order valence-electron chi connectivity index (χ3n) is 2.66. The summed E-state index contributed by atoms with van der Waals surface area (Å²) < 4.78 is 0. The smallest absolute Gasteiger partial charge is 0.326 e. The highest BCUT2D eigenvalue weighted by atomic mass is 16.4. The number of likely N-dealkylation sites (N-methyl/N-ethyl adjacent to an activating group) is 1. The van der Waals surface area contributed by atoms with E-state index in [1.165, 1.54) is 7.05 Å². The van der Waals surface area contributed by atoms with Crippen LogP contribution in [-0.2, 0) is 14.4 Å². The predicted molar refractivity (Wildman–Crippen MR) is 59.6 cm³/mol. The summed E-state index contributed by atoms with van der Waals surface area (Å²) in [6.07, 6.45) is 0.242. The molecule has 0 aromatic heterocycles. The SMILES string of the molecule is CCC(C(=O)O)N(C)C(=O)N1CC(=O)NC(=O)C1. The second kappa shape index (κ2) is 5.48. The second-order valence-corrected chi connectivity index (χ2v) is 3.98. The lowest BCUT2D eigenvalue weighted by Gasteiger charge is -2.32. The Kier molecular flexibility index (Phi) is 4.24. The van der Waals surface area contributed by atoms with Gasteiger partial charge in [0, 0.05) is 7.05 Å². The number of rotatable bonds is 3. The highest BCUT2D eigenvalue weighted by molar-refractivity contribution is 6.02. The number of carbonyl (C=O) groups is 4. The Balaban J connectivity index is 2.76. The summed E-state index contributed by atoms with van der Waals surface area (Å²) in [7, 11) is 1.33. The van der Waals surface area contributed by atoms with Crippen molar-refractivity contribution in [1.29, 1.82) is 0 Å². The Hall–Kier alpha value is -2.12. The number of piperazine rings is 1. The normalized spacial score (nSPS) is 17.1. The lowest BCUT2D eigenvalue weighted by molar-refractivity contribution is -0.142. The van der Waals surface area contributed by atoms with Crippen LogP contribution < -0.4 is 5.32 Å². The molecule has 8 heteroatoms. The fourth-order valence-corrected chi connectivity index (χ4v) is 1.74. The average Bonchev–Trinajstić information content (AvgIpc) is 2.26. The number of urea groups is 1. The molecule has 4 amide bonds. The highest BCUT2D eigenvalue weighted by Crippen LogP contribution is 2.07. The predicted octanol–water partition coefficient (Wildman–Crippen LogP) is -1.14. The van der Waals surface area contributed by atoms with E-state index in [1.54, 1.807) is 6.92 Å². The van der Waals surface area contributed by atoms with E-state index in [9.17, 15) is 19.2 Å². The van der Waals surface area contributed by atoms with E-state index < -0.39 is 29.9 Å². The number of aliphatic carboxylic acids is 1. The van der Waals surface area contributed by atoms with Crippen LogP contribution in [0.25, 0.3) is 0 Å². The van der Waals surface area contributed by atoms with E-state index in [0.29, 0.717) is 0 Å². The Bertz CT molecular complexity index is 379. The van der Waals surface area contributed by atoms with Gasteiger partial charge in [-0.05, 0) is 6.42 Å². The van der Waals surface area contributed by atoms with Crippen LogP contribution in [0.1, 0.15) is 13.3 Å². The molecule has 1 saturated heterocycles. The lowest BCUT2D eigenvalue weighted by atomic mass is 10.2. The maximum atomic E-state index is 12.0.